The number of aryl methyl sites for hydroxylation is 1. The highest BCUT2D eigenvalue weighted by atomic mass is 15.0. The molecule has 0 spiro atoms. The molecule has 122 valence electrons. The molecular formula is C18H35N3. The molecule has 0 aliphatic carbocycles. The molecule has 0 bridgehead atoms. The van der Waals surface area contributed by atoms with Gasteiger partial charge in [0.05, 0.1) is 12.0 Å². The molecule has 3 nitrogen and oxygen atoms in total. The average molecular weight is 293 g/mol. The summed E-state index contributed by atoms with van der Waals surface area (Å²) in [5.74, 6) is 0. The van der Waals surface area contributed by atoms with Gasteiger partial charge in [0.15, 0.2) is 0 Å². The Morgan fingerprint density at radius 3 is 2.19 bits per heavy atom. The lowest BCUT2D eigenvalue weighted by Gasteiger charge is -2.03. The SMILES string of the molecule is CCCCCCCCCCCCn1cnc(CCNC)c1. The number of hydrogen-bond acceptors (Lipinski definition) is 2. The van der Waals surface area contributed by atoms with Crippen LogP contribution in [-0.2, 0) is 13.0 Å². The van der Waals surface area contributed by atoms with Gasteiger partial charge in [-0.3, -0.25) is 0 Å². The number of nitrogens with zero attached hydrogens (tertiary/aromatic N) is 2. The van der Waals surface area contributed by atoms with E-state index in [0.717, 1.165) is 19.5 Å². The summed E-state index contributed by atoms with van der Waals surface area (Å²) >= 11 is 0. The minimum Gasteiger partial charge on any atom is -0.337 e. The molecule has 0 unspecified atom stereocenters. The highest BCUT2D eigenvalue weighted by Crippen LogP contribution is 2.11. The van der Waals surface area contributed by atoms with Gasteiger partial charge in [0.1, 0.15) is 0 Å². The number of hydrogen-bond donors (Lipinski definition) is 1. The topological polar surface area (TPSA) is 29.9 Å². The Morgan fingerprint density at radius 1 is 0.952 bits per heavy atom. The minimum absolute atomic E-state index is 1.01. The lowest BCUT2D eigenvalue weighted by atomic mass is 10.1. The average Bonchev–Trinajstić information content (AvgIpc) is 2.95. The van der Waals surface area contributed by atoms with Crippen molar-refractivity contribution < 1.29 is 0 Å². The number of unbranched alkanes of at least 4 members (excludes halogenated alkanes) is 9. The van der Waals surface area contributed by atoms with Crippen molar-refractivity contribution >= 4 is 0 Å². The van der Waals surface area contributed by atoms with Crippen LogP contribution in [0.1, 0.15) is 76.8 Å². The van der Waals surface area contributed by atoms with Crippen molar-refractivity contribution in [3.05, 3.63) is 18.2 Å². The Balaban J connectivity index is 1.91. The van der Waals surface area contributed by atoms with Gasteiger partial charge in [0, 0.05) is 25.7 Å². The van der Waals surface area contributed by atoms with Crippen LogP contribution in [-0.4, -0.2) is 23.1 Å². The van der Waals surface area contributed by atoms with E-state index >= 15 is 0 Å². The zero-order chi connectivity index (χ0) is 15.2. The van der Waals surface area contributed by atoms with Crippen LogP contribution in [0.25, 0.3) is 0 Å². The number of likely N-dealkylation sites (N-methyl/N-ethyl adjacent to an activating group) is 1. The first kappa shape index (κ1) is 18.2. The fraction of sp³-hybridized carbons (Fsp3) is 0.833. The molecule has 1 N–H and O–H groups in total. The first-order valence-corrected chi connectivity index (χ1v) is 9.02. The molecule has 1 heterocycles. The second kappa shape index (κ2) is 12.9. The highest BCUT2D eigenvalue weighted by molar-refractivity contribution is 4.97. The fourth-order valence-electron chi connectivity index (χ4n) is 2.69. The van der Waals surface area contributed by atoms with Crippen molar-refractivity contribution in [1.29, 1.82) is 0 Å². The number of nitrogens with one attached hydrogen (secondary N) is 1. The van der Waals surface area contributed by atoms with Crippen molar-refractivity contribution in [2.24, 2.45) is 0 Å². The molecule has 0 saturated carbocycles. The predicted molar refractivity (Wildman–Crippen MR) is 91.7 cm³/mol. The van der Waals surface area contributed by atoms with Gasteiger partial charge in [0.2, 0.25) is 0 Å². The molecular weight excluding hydrogens is 258 g/mol. The molecule has 0 atom stereocenters. The maximum atomic E-state index is 4.44. The minimum atomic E-state index is 1.01. The van der Waals surface area contributed by atoms with E-state index in [9.17, 15) is 0 Å². The van der Waals surface area contributed by atoms with Crippen LogP contribution in [0.5, 0.6) is 0 Å². The number of rotatable bonds is 14. The molecule has 0 aliphatic rings. The van der Waals surface area contributed by atoms with Crippen molar-refractivity contribution in [2.45, 2.75) is 84.1 Å². The van der Waals surface area contributed by atoms with Crippen LogP contribution < -0.4 is 5.32 Å². The van der Waals surface area contributed by atoms with Gasteiger partial charge < -0.3 is 9.88 Å². The van der Waals surface area contributed by atoms with Crippen molar-refractivity contribution in [2.75, 3.05) is 13.6 Å². The van der Waals surface area contributed by atoms with Gasteiger partial charge in [-0.1, -0.05) is 64.7 Å². The first-order valence-electron chi connectivity index (χ1n) is 9.02. The third kappa shape index (κ3) is 9.67. The summed E-state index contributed by atoms with van der Waals surface area (Å²) in [6.45, 7) is 4.42. The monoisotopic (exact) mass is 293 g/mol. The Labute approximate surface area is 131 Å². The number of aromatic nitrogens is 2. The van der Waals surface area contributed by atoms with Crippen molar-refractivity contribution in [1.82, 2.24) is 14.9 Å². The van der Waals surface area contributed by atoms with Gasteiger partial charge in [-0.25, -0.2) is 4.98 Å². The van der Waals surface area contributed by atoms with E-state index in [-0.39, 0.29) is 0 Å². The maximum Gasteiger partial charge on any atom is 0.0949 e. The summed E-state index contributed by atoms with van der Waals surface area (Å²) in [5.41, 5.74) is 1.21. The summed E-state index contributed by atoms with van der Waals surface area (Å²) in [5, 5.41) is 3.16. The van der Waals surface area contributed by atoms with E-state index in [1.54, 1.807) is 0 Å². The lowest BCUT2D eigenvalue weighted by Crippen LogP contribution is -2.10. The molecule has 0 aliphatic heterocycles. The van der Waals surface area contributed by atoms with E-state index in [0.29, 0.717) is 0 Å². The zero-order valence-electron chi connectivity index (χ0n) is 14.2. The summed E-state index contributed by atoms with van der Waals surface area (Å²) in [6.07, 6.45) is 19.2. The van der Waals surface area contributed by atoms with Gasteiger partial charge in [0.25, 0.3) is 0 Å². The second-order valence-corrected chi connectivity index (χ2v) is 6.14. The lowest BCUT2D eigenvalue weighted by molar-refractivity contribution is 0.534. The summed E-state index contributed by atoms with van der Waals surface area (Å²) in [4.78, 5) is 4.44. The van der Waals surface area contributed by atoms with E-state index in [4.69, 9.17) is 0 Å². The number of imidazole rings is 1. The van der Waals surface area contributed by atoms with E-state index in [1.807, 2.05) is 13.4 Å². The zero-order valence-corrected chi connectivity index (χ0v) is 14.2. The largest absolute Gasteiger partial charge is 0.337 e. The summed E-state index contributed by atoms with van der Waals surface area (Å²) in [6, 6.07) is 0. The molecule has 0 amide bonds. The molecule has 3 heteroatoms. The van der Waals surface area contributed by atoms with Gasteiger partial charge in [-0.05, 0) is 13.5 Å². The Bertz CT molecular complexity index is 333. The van der Waals surface area contributed by atoms with Gasteiger partial charge in [-0.15, -0.1) is 0 Å². The van der Waals surface area contributed by atoms with Crippen LogP contribution in [0, 0.1) is 0 Å². The van der Waals surface area contributed by atoms with Crippen LogP contribution in [0.4, 0.5) is 0 Å². The molecule has 0 fully saturated rings. The van der Waals surface area contributed by atoms with Crippen molar-refractivity contribution in [3.63, 3.8) is 0 Å². The third-order valence-electron chi connectivity index (χ3n) is 4.09. The highest BCUT2D eigenvalue weighted by Gasteiger charge is 1.98. The molecule has 1 rings (SSSR count). The molecule has 21 heavy (non-hydrogen) atoms. The van der Waals surface area contributed by atoms with Crippen LogP contribution in [0.15, 0.2) is 12.5 Å². The summed E-state index contributed by atoms with van der Waals surface area (Å²) in [7, 11) is 1.99. The van der Waals surface area contributed by atoms with Crippen LogP contribution in [0.3, 0.4) is 0 Å². The van der Waals surface area contributed by atoms with Gasteiger partial charge in [-0.2, -0.15) is 0 Å². The predicted octanol–water partition coefficient (Wildman–Crippen LogP) is 4.57. The molecule has 1 aromatic heterocycles. The third-order valence-corrected chi connectivity index (χ3v) is 4.09. The van der Waals surface area contributed by atoms with Gasteiger partial charge >= 0.3 is 0 Å². The Hall–Kier alpha value is -0.830. The van der Waals surface area contributed by atoms with Crippen molar-refractivity contribution in [3.8, 4) is 0 Å². The van der Waals surface area contributed by atoms with E-state index < -0.39 is 0 Å². The maximum absolute atomic E-state index is 4.44. The smallest absolute Gasteiger partial charge is 0.0949 e. The Morgan fingerprint density at radius 2 is 1.57 bits per heavy atom. The first-order chi connectivity index (χ1) is 10.4. The standard InChI is InChI=1S/C18H35N3/c1-3-4-5-6-7-8-9-10-11-12-15-21-16-18(20-17-21)13-14-19-2/h16-17,19H,3-15H2,1-2H3. The molecule has 0 saturated heterocycles. The van der Waals surface area contributed by atoms with Crippen LogP contribution in [0.2, 0.25) is 0 Å². The second-order valence-electron chi connectivity index (χ2n) is 6.14. The molecule has 1 aromatic rings. The molecule has 0 aromatic carbocycles. The van der Waals surface area contributed by atoms with Crippen LogP contribution >= 0.6 is 0 Å². The Kier molecular flexibility index (Phi) is 11.2. The summed E-state index contributed by atoms with van der Waals surface area (Å²) < 4.78 is 2.25. The normalized spacial score (nSPS) is 11.1. The molecule has 0 radical (unpaired) electrons. The van der Waals surface area contributed by atoms with E-state index in [1.165, 1.54) is 69.9 Å². The quantitative estimate of drug-likeness (QED) is 0.509. The fourth-order valence-corrected chi connectivity index (χ4v) is 2.69. The van der Waals surface area contributed by atoms with E-state index in [2.05, 4.69) is 28.0 Å².